The molecule has 3 aliphatic rings. The SMILES string of the molecule is Cc1nn(-c2ccccc2)c2c1C(C1CC1)N(C1CCCN(C(=O)c3ccc(F)cc3)C1)C2=O. The van der Waals surface area contributed by atoms with Crippen molar-refractivity contribution in [1.29, 1.82) is 0 Å². The zero-order valence-corrected chi connectivity index (χ0v) is 19.2. The Labute approximate surface area is 198 Å². The van der Waals surface area contributed by atoms with Gasteiger partial charge in [-0.25, -0.2) is 9.07 Å². The number of carbonyl (C=O) groups is 2. The molecule has 0 spiro atoms. The molecule has 7 heteroatoms. The molecule has 0 radical (unpaired) electrons. The van der Waals surface area contributed by atoms with Crippen LogP contribution in [-0.4, -0.2) is 50.5 Å². The number of hydrogen-bond donors (Lipinski definition) is 0. The van der Waals surface area contributed by atoms with Gasteiger partial charge in [0.05, 0.1) is 23.5 Å². The Hall–Kier alpha value is -3.48. The zero-order chi connectivity index (χ0) is 23.4. The van der Waals surface area contributed by atoms with Gasteiger partial charge >= 0.3 is 0 Å². The summed E-state index contributed by atoms with van der Waals surface area (Å²) in [4.78, 5) is 31.0. The molecule has 1 aliphatic carbocycles. The molecule has 0 bridgehead atoms. The fourth-order valence-electron chi connectivity index (χ4n) is 5.65. The van der Waals surface area contributed by atoms with E-state index in [4.69, 9.17) is 5.10 Å². The number of halogens is 1. The van der Waals surface area contributed by atoms with Crippen LogP contribution in [0.25, 0.3) is 5.69 Å². The van der Waals surface area contributed by atoms with Gasteiger partial charge in [0, 0.05) is 24.2 Å². The first-order chi connectivity index (χ1) is 16.5. The van der Waals surface area contributed by atoms with Gasteiger partial charge < -0.3 is 9.80 Å². The highest BCUT2D eigenvalue weighted by Crippen LogP contribution is 2.52. The van der Waals surface area contributed by atoms with Gasteiger partial charge in [-0.05, 0) is 74.9 Å². The Balaban J connectivity index is 1.32. The Morgan fingerprint density at radius 1 is 1.03 bits per heavy atom. The van der Waals surface area contributed by atoms with Gasteiger partial charge in [0.1, 0.15) is 11.5 Å². The van der Waals surface area contributed by atoms with Crippen molar-refractivity contribution in [2.24, 2.45) is 5.92 Å². The summed E-state index contributed by atoms with van der Waals surface area (Å²) < 4.78 is 15.1. The van der Waals surface area contributed by atoms with Crippen molar-refractivity contribution in [3.8, 4) is 5.69 Å². The molecule has 2 aromatic carbocycles. The molecule has 2 unspecified atom stereocenters. The van der Waals surface area contributed by atoms with E-state index in [1.807, 2.05) is 42.2 Å². The van der Waals surface area contributed by atoms with Crippen LogP contribution in [0.1, 0.15) is 63.8 Å². The van der Waals surface area contributed by atoms with Crippen molar-refractivity contribution in [2.75, 3.05) is 13.1 Å². The maximum absolute atomic E-state index is 14.0. The van der Waals surface area contributed by atoms with Crippen LogP contribution in [0.4, 0.5) is 4.39 Å². The molecule has 6 rings (SSSR count). The number of nitrogens with zero attached hydrogens (tertiary/aromatic N) is 4. The number of aromatic nitrogens is 2. The molecule has 2 fully saturated rings. The molecule has 174 valence electrons. The van der Waals surface area contributed by atoms with Crippen LogP contribution in [-0.2, 0) is 0 Å². The Morgan fingerprint density at radius 3 is 2.47 bits per heavy atom. The molecule has 3 aromatic rings. The Bertz CT molecular complexity index is 1250. The zero-order valence-electron chi connectivity index (χ0n) is 19.2. The van der Waals surface area contributed by atoms with Crippen LogP contribution in [0.2, 0.25) is 0 Å². The molecule has 3 heterocycles. The van der Waals surface area contributed by atoms with Gasteiger partial charge in [-0.2, -0.15) is 5.10 Å². The first-order valence-corrected chi connectivity index (χ1v) is 12.1. The van der Waals surface area contributed by atoms with Gasteiger partial charge in [-0.15, -0.1) is 0 Å². The highest BCUT2D eigenvalue weighted by Gasteiger charge is 2.51. The number of amides is 2. The first kappa shape index (κ1) is 21.1. The predicted octanol–water partition coefficient (Wildman–Crippen LogP) is 4.53. The van der Waals surface area contributed by atoms with E-state index in [0.29, 0.717) is 30.3 Å². The lowest BCUT2D eigenvalue weighted by molar-refractivity contribution is 0.0375. The summed E-state index contributed by atoms with van der Waals surface area (Å²) in [5.74, 6) is -0.00925. The van der Waals surface area contributed by atoms with Crippen LogP contribution < -0.4 is 0 Å². The summed E-state index contributed by atoms with van der Waals surface area (Å²) in [5, 5.41) is 4.76. The van der Waals surface area contributed by atoms with Crippen molar-refractivity contribution in [2.45, 2.75) is 44.7 Å². The van der Waals surface area contributed by atoms with Crippen LogP contribution in [0.15, 0.2) is 54.6 Å². The maximum atomic E-state index is 14.0. The standard InChI is InChI=1S/C27H27FN4O2/c1-17-23-24(18-9-10-18)31(27(34)25(23)32(29-17)21-6-3-2-4-7-21)22-8-5-15-30(16-22)26(33)19-11-13-20(28)14-12-19/h2-4,6-7,11-14,18,22,24H,5,8-10,15-16H2,1H3. The number of carbonyl (C=O) groups excluding carboxylic acids is 2. The number of para-hydroxylation sites is 1. The van der Waals surface area contributed by atoms with E-state index in [-0.39, 0.29) is 29.7 Å². The van der Waals surface area contributed by atoms with Gasteiger partial charge in [0.25, 0.3) is 11.8 Å². The number of benzene rings is 2. The van der Waals surface area contributed by atoms with E-state index in [1.54, 1.807) is 4.68 Å². The van der Waals surface area contributed by atoms with E-state index in [2.05, 4.69) is 4.90 Å². The highest BCUT2D eigenvalue weighted by atomic mass is 19.1. The minimum Gasteiger partial charge on any atom is -0.337 e. The molecule has 1 saturated heterocycles. The van der Waals surface area contributed by atoms with Crippen molar-refractivity contribution in [3.05, 3.63) is 82.9 Å². The number of piperidine rings is 1. The fraction of sp³-hybridized carbons (Fsp3) is 0.370. The molecule has 2 atom stereocenters. The summed E-state index contributed by atoms with van der Waals surface area (Å²) in [5.41, 5.74) is 3.99. The van der Waals surface area contributed by atoms with E-state index in [0.717, 1.165) is 42.6 Å². The van der Waals surface area contributed by atoms with Crippen LogP contribution >= 0.6 is 0 Å². The molecule has 1 saturated carbocycles. The summed E-state index contributed by atoms with van der Waals surface area (Å²) in [6, 6.07) is 15.5. The molecule has 1 aromatic heterocycles. The topological polar surface area (TPSA) is 58.4 Å². The van der Waals surface area contributed by atoms with E-state index >= 15 is 0 Å². The largest absolute Gasteiger partial charge is 0.337 e. The first-order valence-electron chi connectivity index (χ1n) is 12.1. The lowest BCUT2D eigenvalue weighted by atomic mass is 9.98. The lowest BCUT2D eigenvalue weighted by Crippen LogP contribution is -2.51. The number of likely N-dealkylation sites (tertiary alicyclic amines) is 1. The number of aryl methyl sites for hydroxylation is 1. The number of rotatable bonds is 4. The fourth-order valence-corrected chi connectivity index (χ4v) is 5.65. The van der Waals surface area contributed by atoms with E-state index < -0.39 is 0 Å². The van der Waals surface area contributed by atoms with Crippen LogP contribution in [0, 0.1) is 18.7 Å². The van der Waals surface area contributed by atoms with E-state index in [9.17, 15) is 14.0 Å². The van der Waals surface area contributed by atoms with E-state index in [1.165, 1.54) is 24.3 Å². The molecule has 34 heavy (non-hydrogen) atoms. The molecule has 2 amide bonds. The average Bonchev–Trinajstić information content (AvgIpc) is 3.58. The third kappa shape index (κ3) is 3.42. The lowest BCUT2D eigenvalue weighted by Gasteiger charge is -2.40. The van der Waals surface area contributed by atoms with Gasteiger partial charge in [0.15, 0.2) is 0 Å². The third-order valence-electron chi connectivity index (χ3n) is 7.38. The maximum Gasteiger partial charge on any atom is 0.273 e. The van der Waals surface area contributed by atoms with Gasteiger partial charge in [-0.3, -0.25) is 9.59 Å². The Morgan fingerprint density at radius 2 is 1.76 bits per heavy atom. The molecule has 0 N–H and O–H groups in total. The van der Waals surface area contributed by atoms with Crippen molar-refractivity contribution >= 4 is 11.8 Å². The molecular weight excluding hydrogens is 431 g/mol. The number of fused-ring (bicyclic) bond motifs is 1. The normalized spacial score (nSPS) is 22.2. The molecular formula is C27H27FN4O2. The smallest absolute Gasteiger partial charge is 0.273 e. The van der Waals surface area contributed by atoms with Crippen LogP contribution in [0.5, 0.6) is 0 Å². The summed E-state index contributed by atoms with van der Waals surface area (Å²) in [7, 11) is 0. The van der Waals surface area contributed by atoms with Crippen molar-refractivity contribution < 1.29 is 14.0 Å². The summed E-state index contributed by atoms with van der Waals surface area (Å²) >= 11 is 0. The minimum absolute atomic E-state index is 0.0115. The monoisotopic (exact) mass is 458 g/mol. The quantitative estimate of drug-likeness (QED) is 0.577. The average molecular weight is 459 g/mol. The van der Waals surface area contributed by atoms with Crippen LogP contribution in [0.3, 0.4) is 0 Å². The summed E-state index contributed by atoms with van der Waals surface area (Å²) in [6.45, 7) is 3.13. The molecule has 6 nitrogen and oxygen atoms in total. The summed E-state index contributed by atoms with van der Waals surface area (Å²) in [6.07, 6.45) is 3.91. The second-order valence-electron chi connectivity index (χ2n) is 9.64. The predicted molar refractivity (Wildman–Crippen MR) is 125 cm³/mol. The third-order valence-corrected chi connectivity index (χ3v) is 7.38. The molecule has 2 aliphatic heterocycles. The Kier molecular flexibility index (Phi) is 5.01. The van der Waals surface area contributed by atoms with Crippen molar-refractivity contribution in [1.82, 2.24) is 19.6 Å². The second-order valence-corrected chi connectivity index (χ2v) is 9.64. The number of hydrogen-bond acceptors (Lipinski definition) is 3. The minimum atomic E-state index is -0.358. The van der Waals surface area contributed by atoms with Gasteiger partial charge in [0.2, 0.25) is 0 Å². The van der Waals surface area contributed by atoms with Gasteiger partial charge in [-0.1, -0.05) is 18.2 Å². The highest BCUT2D eigenvalue weighted by molar-refractivity contribution is 5.99. The van der Waals surface area contributed by atoms with Crippen molar-refractivity contribution in [3.63, 3.8) is 0 Å². The second kappa shape index (κ2) is 8.08.